The molecule has 0 radical (unpaired) electrons. The van der Waals surface area contributed by atoms with Crippen molar-refractivity contribution in [2.45, 2.75) is 37.5 Å². The van der Waals surface area contributed by atoms with Gasteiger partial charge in [-0.15, -0.1) is 0 Å². The number of halogens is 1. The number of carbonyl (C=O) groups is 1. The first-order valence-corrected chi connectivity index (χ1v) is 7.55. The zero-order valence-electron chi connectivity index (χ0n) is 12.2. The van der Waals surface area contributed by atoms with Gasteiger partial charge in [0, 0.05) is 25.1 Å². The Morgan fingerprint density at radius 1 is 1.19 bits per heavy atom. The quantitative estimate of drug-likeness (QED) is 0.705. The Kier molecular flexibility index (Phi) is 5.56. The number of benzene rings is 1. The van der Waals surface area contributed by atoms with E-state index in [1.54, 1.807) is 0 Å². The first-order chi connectivity index (χ1) is 10.2. The van der Waals surface area contributed by atoms with Crippen LogP contribution in [0.15, 0.2) is 24.3 Å². The number of aliphatic hydroxyl groups is 1. The summed E-state index contributed by atoms with van der Waals surface area (Å²) in [5, 5.41) is 14.3. The topological polar surface area (TPSA) is 61.4 Å². The molecule has 21 heavy (non-hydrogen) atoms. The van der Waals surface area contributed by atoms with Crippen LogP contribution in [0.1, 0.15) is 37.7 Å². The van der Waals surface area contributed by atoms with Gasteiger partial charge in [0.2, 0.25) is 0 Å². The molecular formula is C16H23FN2O2. The van der Waals surface area contributed by atoms with Crippen LogP contribution < -0.4 is 10.6 Å². The number of nitrogens with one attached hydrogen (secondary N) is 2. The predicted octanol–water partition coefficient (Wildman–Crippen LogP) is 2.32. The van der Waals surface area contributed by atoms with Gasteiger partial charge in [0.15, 0.2) is 0 Å². The first-order valence-electron chi connectivity index (χ1n) is 7.55. The van der Waals surface area contributed by atoms with E-state index in [2.05, 4.69) is 10.6 Å². The molecule has 0 bridgehead atoms. The van der Waals surface area contributed by atoms with Gasteiger partial charge in [0.05, 0.1) is 0 Å². The van der Waals surface area contributed by atoms with Crippen LogP contribution in [0.25, 0.3) is 0 Å². The van der Waals surface area contributed by atoms with Crippen LogP contribution in [-0.4, -0.2) is 30.8 Å². The molecule has 1 aromatic carbocycles. The average Bonchev–Trinajstić information content (AvgIpc) is 2.96. The summed E-state index contributed by atoms with van der Waals surface area (Å²) in [6, 6.07) is 6.41. The highest BCUT2D eigenvalue weighted by Crippen LogP contribution is 2.40. The van der Waals surface area contributed by atoms with Gasteiger partial charge in [-0.05, 0) is 37.0 Å². The summed E-state index contributed by atoms with van der Waals surface area (Å²) in [6.45, 7) is 1.09. The molecule has 0 aliphatic heterocycles. The summed E-state index contributed by atoms with van der Waals surface area (Å²) in [5.41, 5.74) is 1.01. The van der Waals surface area contributed by atoms with Crippen molar-refractivity contribution >= 4 is 6.03 Å². The SMILES string of the molecule is O=C(NCCCO)NCC1(c2ccc(F)cc2)CCCC1. The van der Waals surface area contributed by atoms with Crippen molar-refractivity contribution in [3.8, 4) is 0 Å². The Morgan fingerprint density at radius 3 is 2.48 bits per heavy atom. The van der Waals surface area contributed by atoms with Gasteiger partial charge < -0.3 is 15.7 Å². The molecule has 0 aromatic heterocycles. The summed E-state index contributed by atoms with van der Waals surface area (Å²) in [5.74, 6) is -0.235. The molecule has 0 heterocycles. The van der Waals surface area contributed by atoms with E-state index in [0.29, 0.717) is 19.5 Å². The van der Waals surface area contributed by atoms with Gasteiger partial charge in [-0.1, -0.05) is 25.0 Å². The van der Waals surface area contributed by atoms with Gasteiger partial charge in [0.25, 0.3) is 0 Å². The molecule has 5 heteroatoms. The van der Waals surface area contributed by atoms with Crippen molar-refractivity contribution in [2.75, 3.05) is 19.7 Å². The van der Waals surface area contributed by atoms with E-state index < -0.39 is 0 Å². The number of urea groups is 1. The Hall–Kier alpha value is -1.62. The van der Waals surface area contributed by atoms with Gasteiger partial charge in [-0.3, -0.25) is 0 Å². The highest BCUT2D eigenvalue weighted by Gasteiger charge is 2.35. The first kappa shape index (κ1) is 15.8. The Morgan fingerprint density at radius 2 is 1.86 bits per heavy atom. The lowest BCUT2D eigenvalue weighted by atomic mass is 9.79. The fourth-order valence-electron chi connectivity index (χ4n) is 3.02. The predicted molar refractivity (Wildman–Crippen MR) is 79.7 cm³/mol. The van der Waals surface area contributed by atoms with Crippen LogP contribution in [0, 0.1) is 5.82 Å². The molecule has 1 aromatic rings. The number of hydrogen-bond acceptors (Lipinski definition) is 2. The van der Waals surface area contributed by atoms with E-state index in [1.807, 2.05) is 12.1 Å². The van der Waals surface area contributed by atoms with E-state index in [0.717, 1.165) is 31.2 Å². The van der Waals surface area contributed by atoms with Crippen LogP contribution in [0.3, 0.4) is 0 Å². The van der Waals surface area contributed by atoms with E-state index in [9.17, 15) is 9.18 Å². The molecule has 2 amide bonds. The lowest BCUT2D eigenvalue weighted by Gasteiger charge is -2.30. The monoisotopic (exact) mass is 294 g/mol. The third kappa shape index (κ3) is 4.17. The summed E-state index contributed by atoms with van der Waals surface area (Å²) in [7, 11) is 0. The van der Waals surface area contributed by atoms with Gasteiger partial charge in [-0.2, -0.15) is 0 Å². The molecule has 0 unspecified atom stereocenters. The van der Waals surface area contributed by atoms with Crippen molar-refractivity contribution in [2.24, 2.45) is 0 Å². The van der Waals surface area contributed by atoms with Crippen LogP contribution in [0.5, 0.6) is 0 Å². The normalized spacial score (nSPS) is 16.7. The average molecular weight is 294 g/mol. The maximum absolute atomic E-state index is 13.1. The standard InChI is InChI=1S/C16H23FN2O2/c17-14-6-4-13(5-7-14)16(8-1-2-9-16)12-19-15(21)18-10-3-11-20/h4-7,20H,1-3,8-12H2,(H2,18,19,21). The van der Waals surface area contributed by atoms with E-state index >= 15 is 0 Å². The van der Waals surface area contributed by atoms with Crippen LogP contribution >= 0.6 is 0 Å². The fraction of sp³-hybridized carbons (Fsp3) is 0.562. The van der Waals surface area contributed by atoms with Crippen molar-refractivity contribution in [1.82, 2.24) is 10.6 Å². The number of amides is 2. The molecular weight excluding hydrogens is 271 g/mol. The minimum absolute atomic E-state index is 0.0692. The molecule has 1 aliphatic carbocycles. The summed E-state index contributed by atoms with van der Waals surface area (Å²) < 4.78 is 13.1. The van der Waals surface area contributed by atoms with E-state index in [4.69, 9.17) is 5.11 Å². The van der Waals surface area contributed by atoms with E-state index in [-0.39, 0.29) is 23.9 Å². The van der Waals surface area contributed by atoms with Crippen LogP contribution in [0.4, 0.5) is 9.18 Å². The van der Waals surface area contributed by atoms with Crippen LogP contribution in [-0.2, 0) is 5.41 Å². The summed E-state index contributed by atoms with van der Waals surface area (Å²) >= 11 is 0. The Bertz CT molecular complexity index is 456. The molecule has 2 rings (SSSR count). The third-order valence-corrected chi connectivity index (χ3v) is 4.23. The second kappa shape index (κ2) is 7.41. The largest absolute Gasteiger partial charge is 0.396 e. The number of rotatable bonds is 6. The maximum atomic E-state index is 13.1. The molecule has 0 atom stereocenters. The van der Waals surface area contributed by atoms with Gasteiger partial charge >= 0.3 is 6.03 Å². The van der Waals surface area contributed by atoms with Crippen molar-refractivity contribution in [1.29, 1.82) is 0 Å². The second-order valence-electron chi connectivity index (χ2n) is 5.68. The number of hydrogen-bond donors (Lipinski definition) is 3. The Balaban J connectivity index is 1.96. The zero-order chi connectivity index (χ0) is 15.1. The third-order valence-electron chi connectivity index (χ3n) is 4.23. The highest BCUT2D eigenvalue weighted by molar-refractivity contribution is 5.73. The Labute approximate surface area is 124 Å². The minimum Gasteiger partial charge on any atom is -0.396 e. The molecule has 1 fully saturated rings. The highest BCUT2D eigenvalue weighted by atomic mass is 19.1. The fourth-order valence-corrected chi connectivity index (χ4v) is 3.02. The molecule has 3 N–H and O–H groups in total. The minimum atomic E-state index is -0.235. The lowest BCUT2D eigenvalue weighted by Crippen LogP contribution is -2.44. The molecule has 0 spiro atoms. The smallest absolute Gasteiger partial charge is 0.314 e. The van der Waals surface area contributed by atoms with Gasteiger partial charge in [-0.25, -0.2) is 9.18 Å². The van der Waals surface area contributed by atoms with Crippen molar-refractivity contribution in [3.05, 3.63) is 35.6 Å². The van der Waals surface area contributed by atoms with Crippen LogP contribution in [0.2, 0.25) is 0 Å². The molecule has 4 nitrogen and oxygen atoms in total. The molecule has 1 aliphatic rings. The van der Waals surface area contributed by atoms with Crippen molar-refractivity contribution in [3.63, 3.8) is 0 Å². The molecule has 116 valence electrons. The maximum Gasteiger partial charge on any atom is 0.314 e. The lowest BCUT2D eigenvalue weighted by molar-refractivity contribution is 0.234. The second-order valence-corrected chi connectivity index (χ2v) is 5.68. The van der Waals surface area contributed by atoms with Gasteiger partial charge in [0.1, 0.15) is 5.82 Å². The number of aliphatic hydroxyl groups excluding tert-OH is 1. The zero-order valence-corrected chi connectivity index (χ0v) is 12.2. The summed E-state index contributed by atoms with van der Waals surface area (Å²) in [6.07, 6.45) is 4.83. The number of carbonyl (C=O) groups excluding carboxylic acids is 1. The van der Waals surface area contributed by atoms with Crippen molar-refractivity contribution < 1.29 is 14.3 Å². The molecule has 0 saturated heterocycles. The summed E-state index contributed by atoms with van der Waals surface area (Å²) in [4.78, 5) is 11.7. The molecule has 1 saturated carbocycles. The van der Waals surface area contributed by atoms with E-state index in [1.165, 1.54) is 12.1 Å².